The Bertz CT molecular complexity index is 959. The molecule has 144 valence electrons. The van der Waals surface area contributed by atoms with Gasteiger partial charge in [-0.1, -0.05) is 48.2 Å². The van der Waals surface area contributed by atoms with Crippen LogP contribution in [-0.4, -0.2) is 15.2 Å². The standard InChI is InChI=1S/C20H17F3N4S/c1-14-18(10-11-24-17-9-5-8-16(12-17)20(21,22)23)25-19(27-26-14)28-13-15-6-3-2-4-7-15/h2-12,24H,13H2,1H3. The molecule has 0 saturated carbocycles. The molecule has 1 N–H and O–H groups in total. The molecular weight excluding hydrogens is 385 g/mol. The summed E-state index contributed by atoms with van der Waals surface area (Å²) >= 11 is 1.47. The normalized spacial score (nSPS) is 11.7. The smallest absolute Gasteiger partial charge is 0.362 e. The highest BCUT2D eigenvalue weighted by Crippen LogP contribution is 2.30. The predicted molar refractivity (Wildman–Crippen MR) is 105 cm³/mol. The molecule has 0 aliphatic carbocycles. The van der Waals surface area contributed by atoms with E-state index in [-0.39, 0.29) is 0 Å². The first-order chi connectivity index (χ1) is 13.4. The van der Waals surface area contributed by atoms with Crippen LogP contribution < -0.4 is 5.32 Å². The summed E-state index contributed by atoms with van der Waals surface area (Å²) in [7, 11) is 0. The molecule has 0 aliphatic heterocycles. The predicted octanol–water partition coefficient (Wildman–Crippen LogP) is 5.57. The Balaban J connectivity index is 1.66. The average Bonchev–Trinajstić information content (AvgIpc) is 2.69. The maximum absolute atomic E-state index is 12.8. The van der Waals surface area contributed by atoms with Gasteiger partial charge in [0, 0.05) is 17.6 Å². The molecule has 3 aromatic rings. The zero-order chi connectivity index (χ0) is 20.0. The zero-order valence-electron chi connectivity index (χ0n) is 14.9. The second-order valence-electron chi connectivity index (χ2n) is 5.90. The number of alkyl halides is 3. The van der Waals surface area contributed by atoms with Gasteiger partial charge in [-0.15, -0.1) is 5.10 Å². The highest BCUT2D eigenvalue weighted by Gasteiger charge is 2.30. The molecule has 8 heteroatoms. The maximum atomic E-state index is 12.8. The van der Waals surface area contributed by atoms with Crippen LogP contribution >= 0.6 is 11.8 Å². The number of aromatic nitrogens is 3. The Hall–Kier alpha value is -2.87. The Morgan fingerprint density at radius 1 is 1.04 bits per heavy atom. The van der Waals surface area contributed by atoms with E-state index < -0.39 is 11.7 Å². The molecule has 4 nitrogen and oxygen atoms in total. The lowest BCUT2D eigenvalue weighted by atomic mass is 10.2. The highest BCUT2D eigenvalue weighted by atomic mass is 32.2. The van der Waals surface area contributed by atoms with Crippen molar-refractivity contribution in [1.29, 1.82) is 0 Å². The highest BCUT2D eigenvalue weighted by molar-refractivity contribution is 7.98. The molecule has 0 atom stereocenters. The van der Waals surface area contributed by atoms with Crippen molar-refractivity contribution in [3.63, 3.8) is 0 Å². The van der Waals surface area contributed by atoms with Crippen molar-refractivity contribution < 1.29 is 13.2 Å². The van der Waals surface area contributed by atoms with E-state index >= 15 is 0 Å². The molecule has 0 amide bonds. The summed E-state index contributed by atoms with van der Waals surface area (Å²) in [6, 6.07) is 14.9. The van der Waals surface area contributed by atoms with Gasteiger partial charge in [-0.25, -0.2) is 4.98 Å². The second-order valence-corrected chi connectivity index (χ2v) is 6.84. The molecule has 0 radical (unpaired) electrons. The minimum atomic E-state index is -4.38. The third-order valence-electron chi connectivity index (χ3n) is 3.76. The summed E-state index contributed by atoms with van der Waals surface area (Å²) in [4.78, 5) is 4.46. The van der Waals surface area contributed by atoms with E-state index in [0.717, 1.165) is 23.4 Å². The van der Waals surface area contributed by atoms with E-state index in [4.69, 9.17) is 0 Å². The molecule has 1 aromatic heterocycles. The summed E-state index contributed by atoms with van der Waals surface area (Å²) in [5.74, 6) is 0.719. The van der Waals surface area contributed by atoms with Crippen molar-refractivity contribution in [3.8, 4) is 0 Å². The summed E-state index contributed by atoms with van der Waals surface area (Å²) in [5, 5.41) is 11.6. The number of anilines is 1. The van der Waals surface area contributed by atoms with E-state index in [0.29, 0.717) is 22.2 Å². The van der Waals surface area contributed by atoms with Crippen LogP contribution in [0.1, 0.15) is 22.5 Å². The number of nitrogens with zero attached hydrogens (tertiary/aromatic N) is 3. The third-order valence-corrected chi connectivity index (χ3v) is 4.67. The van der Waals surface area contributed by atoms with Gasteiger partial charge in [-0.3, -0.25) is 0 Å². The molecule has 3 rings (SSSR count). The molecule has 0 spiro atoms. The Morgan fingerprint density at radius 2 is 1.82 bits per heavy atom. The Morgan fingerprint density at radius 3 is 2.57 bits per heavy atom. The first kappa shape index (κ1) is 19.9. The second kappa shape index (κ2) is 8.88. The van der Waals surface area contributed by atoms with Crippen molar-refractivity contribution in [2.24, 2.45) is 0 Å². The van der Waals surface area contributed by atoms with Crippen LogP contribution in [0.4, 0.5) is 18.9 Å². The molecule has 0 saturated heterocycles. The first-order valence-electron chi connectivity index (χ1n) is 8.40. The fourth-order valence-electron chi connectivity index (χ4n) is 2.32. The van der Waals surface area contributed by atoms with Gasteiger partial charge in [0.15, 0.2) is 0 Å². The summed E-state index contributed by atoms with van der Waals surface area (Å²) in [6.07, 6.45) is -1.17. The summed E-state index contributed by atoms with van der Waals surface area (Å²) in [5.41, 5.74) is 2.02. The Kier molecular flexibility index (Phi) is 6.30. The molecule has 0 bridgehead atoms. The topological polar surface area (TPSA) is 50.7 Å². The Labute approximate surface area is 164 Å². The van der Waals surface area contributed by atoms with Crippen LogP contribution in [0.2, 0.25) is 0 Å². The maximum Gasteiger partial charge on any atom is 0.416 e. The van der Waals surface area contributed by atoms with Gasteiger partial charge >= 0.3 is 6.18 Å². The van der Waals surface area contributed by atoms with Crippen molar-refractivity contribution in [1.82, 2.24) is 15.2 Å². The lowest BCUT2D eigenvalue weighted by Crippen LogP contribution is -2.05. The van der Waals surface area contributed by atoms with Crippen molar-refractivity contribution in [3.05, 3.63) is 83.3 Å². The van der Waals surface area contributed by atoms with Gasteiger partial charge in [0.25, 0.3) is 0 Å². The number of hydrogen-bond acceptors (Lipinski definition) is 5. The lowest BCUT2D eigenvalue weighted by Gasteiger charge is -2.08. The third kappa shape index (κ3) is 5.56. The van der Waals surface area contributed by atoms with E-state index in [9.17, 15) is 13.2 Å². The molecule has 2 aromatic carbocycles. The summed E-state index contributed by atoms with van der Waals surface area (Å²) < 4.78 is 38.3. The molecule has 0 aliphatic rings. The van der Waals surface area contributed by atoms with Crippen LogP contribution in [0, 0.1) is 6.92 Å². The monoisotopic (exact) mass is 402 g/mol. The largest absolute Gasteiger partial charge is 0.416 e. The van der Waals surface area contributed by atoms with Gasteiger partial charge in [0.05, 0.1) is 17.0 Å². The van der Waals surface area contributed by atoms with E-state index in [2.05, 4.69) is 20.5 Å². The zero-order valence-corrected chi connectivity index (χ0v) is 15.8. The molecule has 0 unspecified atom stereocenters. The van der Waals surface area contributed by atoms with Gasteiger partial charge in [-0.2, -0.15) is 18.3 Å². The first-order valence-corrected chi connectivity index (χ1v) is 9.39. The van der Waals surface area contributed by atoms with Crippen LogP contribution in [0.5, 0.6) is 0 Å². The molecule has 28 heavy (non-hydrogen) atoms. The van der Waals surface area contributed by atoms with Crippen LogP contribution in [-0.2, 0) is 11.9 Å². The van der Waals surface area contributed by atoms with Crippen molar-refractivity contribution in [2.45, 2.75) is 24.0 Å². The number of halogens is 3. The minimum Gasteiger partial charge on any atom is -0.362 e. The van der Waals surface area contributed by atoms with Crippen LogP contribution in [0.15, 0.2) is 66.0 Å². The van der Waals surface area contributed by atoms with Crippen LogP contribution in [0.3, 0.4) is 0 Å². The number of aryl methyl sites for hydroxylation is 1. The fourth-order valence-corrected chi connectivity index (χ4v) is 3.07. The van der Waals surface area contributed by atoms with Gasteiger partial charge in [0.1, 0.15) is 0 Å². The molecular formula is C20H17F3N4S. The van der Waals surface area contributed by atoms with E-state index in [1.807, 2.05) is 30.3 Å². The summed E-state index contributed by atoms with van der Waals surface area (Å²) in [6.45, 7) is 1.77. The van der Waals surface area contributed by atoms with Gasteiger partial charge < -0.3 is 5.32 Å². The number of nitrogens with one attached hydrogen (secondary N) is 1. The molecule has 1 heterocycles. The number of thioether (sulfide) groups is 1. The minimum absolute atomic E-state index is 0.337. The molecule has 0 fully saturated rings. The van der Waals surface area contributed by atoms with E-state index in [1.165, 1.54) is 24.0 Å². The van der Waals surface area contributed by atoms with Gasteiger partial charge in [0.2, 0.25) is 5.16 Å². The van der Waals surface area contributed by atoms with Crippen molar-refractivity contribution in [2.75, 3.05) is 5.32 Å². The van der Waals surface area contributed by atoms with Crippen molar-refractivity contribution >= 4 is 23.5 Å². The number of benzene rings is 2. The lowest BCUT2D eigenvalue weighted by molar-refractivity contribution is -0.137. The quantitative estimate of drug-likeness (QED) is 0.546. The van der Waals surface area contributed by atoms with E-state index in [1.54, 1.807) is 19.1 Å². The number of hydrogen-bond donors (Lipinski definition) is 1. The SMILES string of the molecule is Cc1nnc(SCc2ccccc2)nc1C=CNc1cccc(C(F)(F)F)c1. The number of rotatable bonds is 6. The average molecular weight is 402 g/mol. The van der Waals surface area contributed by atoms with Gasteiger partial charge in [-0.05, 0) is 36.8 Å². The fraction of sp³-hybridized carbons (Fsp3) is 0.150. The van der Waals surface area contributed by atoms with Crippen LogP contribution in [0.25, 0.3) is 6.08 Å².